The first-order chi connectivity index (χ1) is 17.6. The second kappa shape index (κ2) is 15.4. The van der Waals surface area contributed by atoms with Gasteiger partial charge in [0, 0.05) is 12.5 Å². The lowest BCUT2D eigenvalue weighted by atomic mass is 10.0. The Morgan fingerprint density at radius 3 is 2.32 bits per heavy atom. The van der Waals surface area contributed by atoms with Gasteiger partial charge in [0.05, 0.1) is 16.3 Å². The number of hydrogen-bond acceptors (Lipinski definition) is 6. The van der Waals surface area contributed by atoms with Gasteiger partial charge in [0.1, 0.15) is 11.5 Å². The van der Waals surface area contributed by atoms with Gasteiger partial charge in [0.2, 0.25) is 5.89 Å². The van der Waals surface area contributed by atoms with Crippen molar-refractivity contribution in [2.75, 3.05) is 6.54 Å². The van der Waals surface area contributed by atoms with E-state index in [9.17, 15) is 9.18 Å². The number of pyridine rings is 1. The Bertz CT molecular complexity index is 1120. The second-order valence-electron chi connectivity index (χ2n) is 9.51. The van der Waals surface area contributed by atoms with E-state index in [-0.39, 0.29) is 16.3 Å². The highest BCUT2D eigenvalue weighted by Crippen LogP contribution is 2.23. The van der Waals surface area contributed by atoms with Gasteiger partial charge >= 0.3 is 5.97 Å². The summed E-state index contributed by atoms with van der Waals surface area (Å²) in [5.74, 6) is -0.315. The predicted octanol–water partition coefficient (Wildman–Crippen LogP) is 7.58. The van der Waals surface area contributed by atoms with Crippen LogP contribution in [-0.4, -0.2) is 32.7 Å². The summed E-state index contributed by atoms with van der Waals surface area (Å²) < 4.78 is 18.3. The zero-order valence-corrected chi connectivity index (χ0v) is 22.9. The van der Waals surface area contributed by atoms with E-state index in [1.165, 1.54) is 69.6 Å². The smallest absolute Gasteiger partial charge is 0.354 e. The minimum absolute atomic E-state index is 0.0168. The molecule has 2 aromatic heterocycles. The average Bonchev–Trinajstić information content (AvgIpc) is 3.32. The van der Waals surface area contributed by atoms with E-state index >= 15 is 0 Å². The summed E-state index contributed by atoms with van der Waals surface area (Å²) in [6.45, 7) is 9.30. The molecule has 0 atom stereocenters. The zero-order chi connectivity index (χ0) is 27.3. The number of nitrogens with zero attached hydrogens (tertiary/aromatic N) is 3. The molecule has 9 heteroatoms. The third-order valence-corrected chi connectivity index (χ3v) is 6.17. The van der Waals surface area contributed by atoms with E-state index in [2.05, 4.69) is 41.2 Å². The fourth-order valence-corrected chi connectivity index (χ4v) is 3.78. The molecular weight excluding hydrogens is 495 g/mol. The molecule has 3 aromatic rings. The number of aromatic nitrogens is 3. The monoisotopic (exact) mass is 532 g/mol. The van der Waals surface area contributed by atoms with E-state index < -0.39 is 11.8 Å². The molecule has 0 aliphatic heterocycles. The molecule has 0 unspecified atom stereocenters. The normalized spacial score (nSPS) is 11.2. The number of benzene rings is 1. The fourth-order valence-electron chi connectivity index (χ4n) is 3.66. The average molecular weight is 533 g/mol. The number of carboxylic acid groups (broad SMARTS) is 1. The Balaban J connectivity index is 0.000000263. The van der Waals surface area contributed by atoms with Crippen LogP contribution < -0.4 is 5.32 Å². The molecule has 2 heterocycles. The number of aryl methyl sites for hydroxylation is 1. The van der Waals surface area contributed by atoms with Gasteiger partial charge < -0.3 is 14.9 Å². The molecule has 3 rings (SSSR count). The number of rotatable bonds is 13. The first-order valence-electron chi connectivity index (χ1n) is 12.9. The van der Waals surface area contributed by atoms with Crippen LogP contribution in [0.25, 0.3) is 11.3 Å². The summed E-state index contributed by atoms with van der Waals surface area (Å²) in [5, 5.41) is 16.3. The number of aromatic carboxylic acids is 1. The van der Waals surface area contributed by atoms with Crippen molar-refractivity contribution >= 4 is 17.6 Å². The van der Waals surface area contributed by atoms with Crippen LogP contribution in [0.4, 0.5) is 4.39 Å². The van der Waals surface area contributed by atoms with Crippen LogP contribution in [0.5, 0.6) is 0 Å². The molecule has 0 fully saturated rings. The van der Waals surface area contributed by atoms with Crippen LogP contribution >= 0.6 is 11.6 Å². The molecule has 0 bridgehead atoms. The maximum Gasteiger partial charge on any atom is 0.354 e. The van der Waals surface area contributed by atoms with Gasteiger partial charge in [-0.05, 0) is 51.1 Å². The van der Waals surface area contributed by atoms with Crippen LogP contribution in [0.15, 0.2) is 40.9 Å². The van der Waals surface area contributed by atoms with Crippen molar-refractivity contribution < 1.29 is 18.8 Å². The molecule has 0 saturated heterocycles. The Kier molecular flexibility index (Phi) is 12.7. The number of carboxylic acids is 1. The van der Waals surface area contributed by atoms with Crippen molar-refractivity contribution in [2.45, 2.75) is 84.6 Å². The molecule has 0 saturated carbocycles. The van der Waals surface area contributed by atoms with Crippen molar-refractivity contribution in [1.29, 1.82) is 0 Å². The molecule has 0 radical (unpaired) electrons. The number of nitrogens with one attached hydrogen (secondary N) is 1. The summed E-state index contributed by atoms with van der Waals surface area (Å²) in [7, 11) is 0. The summed E-state index contributed by atoms with van der Waals surface area (Å²) in [5.41, 5.74) is 0.576. The highest BCUT2D eigenvalue weighted by atomic mass is 35.5. The molecule has 202 valence electrons. The molecule has 0 spiro atoms. The molecule has 37 heavy (non-hydrogen) atoms. The van der Waals surface area contributed by atoms with E-state index in [0.29, 0.717) is 17.1 Å². The Labute approximate surface area is 223 Å². The maximum atomic E-state index is 13.2. The largest absolute Gasteiger partial charge is 0.477 e. The first kappa shape index (κ1) is 30.4. The number of halogens is 2. The molecule has 0 aliphatic carbocycles. The van der Waals surface area contributed by atoms with Crippen LogP contribution in [0.1, 0.15) is 94.3 Å². The molecule has 0 amide bonds. The van der Waals surface area contributed by atoms with E-state index in [0.717, 1.165) is 12.4 Å². The van der Waals surface area contributed by atoms with Crippen molar-refractivity contribution in [3.8, 4) is 11.3 Å². The second-order valence-corrected chi connectivity index (χ2v) is 9.91. The van der Waals surface area contributed by atoms with Gasteiger partial charge in [0.15, 0.2) is 5.82 Å². The van der Waals surface area contributed by atoms with E-state index in [1.807, 2.05) is 6.92 Å². The summed E-state index contributed by atoms with van der Waals surface area (Å²) in [4.78, 5) is 19.0. The number of unbranched alkanes of at least 4 members (excludes halogenated alkanes) is 7. The lowest BCUT2D eigenvalue weighted by Gasteiger charge is -2.22. The fraction of sp³-hybridized carbons (Fsp3) is 0.500. The van der Waals surface area contributed by atoms with Crippen LogP contribution in [0.3, 0.4) is 0 Å². The molecule has 1 aromatic carbocycles. The van der Waals surface area contributed by atoms with Gasteiger partial charge in [0.25, 0.3) is 0 Å². The highest BCUT2D eigenvalue weighted by Gasteiger charge is 2.25. The van der Waals surface area contributed by atoms with Crippen LogP contribution in [-0.2, 0) is 5.54 Å². The number of hydrogen-bond donors (Lipinski definition) is 2. The van der Waals surface area contributed by atoms with Gasteiger partial charge in [-0.1, -0.05) is 80.8 Å². The standard InChI is InChI=1S/C16H31N3O.C12H7ClFNO2/c1-5-6-7-8-9-10-11-12-13-17-16(3,4)15-18-14(2)20-19-15;13-8-5-4-7(6-9(8)14)10-2-1-3-11(15-10)12(16)17/h17H,5-13H2,1-4H3;1-6H,(H,16,17). The molecular formula is C28H38ClFN4O3. The van der Waals surface area contributed by atoms with E-state index in [4.69, 9.17) is 21.2 Å². The highest BCUT2D eigenvalue weighted by molar-refractivity contribution is 6.30. The lowest BCUT2D eigenvalue weighted by Crippen LogP contribution is -2.38. The third-order valence-electron chi connectivity index (χ3n) is 5.87. The Morgan fingerprint density at radius 1 is 1.05 bits per heavy atom. The quantitative estimate of drug-likeness (QED) is 0.219. The topological polar surface area (TPSA) is 101 Å². The van der Waals surface area contributed by atoms with Crippen LogP contribution in [0.2, 0.25) is 5.02 Å². The minimum atomic E-state index is -1.12. The van der Waals surface area contributed by atoms with Crippen LogP contribution in [0, 0.1) is 12.7 Å². The van der Waals surface area contributed by atoms with Gasteiger partial charge in [-0.3, -0.25) is 0 Å². The van der Waals surface area contributed by atoms with Crippen molar-refractivity contribution in [3.63, 3.8) is 0 Å². The summed E-state index contributed by atoms with van der Waals surface area (Å²) >= 11 is 5.56. The minimum Gasteiger partial charge on any atom is -0.477 e. The first-order valence-corrected chi connectivity index (χ1v) is 13.2. The van der Waals surface area contributed by atoms with Crippen molar-refractivity contribution in [1.82, 2.24) is 20.4 Å². The third kappa shape index (κ3) is 10.6. The summed E-state index contributed by atoms with van der Waals surface area (Å²) in [6, 6.07) is 8.74. The molecule has 7 nitrogen and oxygen atoms in total. The van der Waals surface area contributed by atoms with Gasteiger partial charge in [-0.15, -0.1) is 0 Å². The SMILES string of the molecule is CCCCCCCCCCNC(C)(C)c1noc(C)n1.O=C(O)c1cccc(-c2ccc(Cl)c(F)c2)n1. The summed E-state index contributed by atoms with van der Waals surface area (Å²) in [6.07, 6.45) is 10.8. The van der Waals surface area contributed by atoms with Crippen molar-refractivity contribution in [3.05, 3.63) is 64.6 Å². The maximum absolute atomic E-state index is 13.2. The zero-order valence-electron chi connectivity index (χ0n) is 22.2. The molecule has 2 N–H and O–H groups in total. The van der Waals surface area contributed by atoms with Gasteiger partial charge in [-0.2, -0.15) is 4.98 Å². The number of carbonyl (C=O) groups is 1. The lowest BCUT2D eigenvalue weighted by molar-refractivity contribution is 0.0690. The Morgan fingerprint density at radius 2 is 1.73 bits per heavy atom. The van der Waals surface area contributed by atoms with Gasteiger partial charge in [-0.25, -0.2) is 14.2 Å². The van der Waals surface area contributed by atoms with Crippen molar-refractivity contribution in [2.24, 2.45) is 0 Å². The van der Waals surface area contributed by atoms with E-state index in [1.54, 1.807) is 18.2 Å². The molecule has 0 aliphatic rings. The Hall–Kier alpha value is -2.84. The predicted molar refractivity (Wildman–Crippen MR) is 144 cm³/mol.